The highest BCUT2D eigenvalue weighted by Crippen LogP contribution is 2.18. The smallest absolute Gasteiger partial charge is 0.216 e. The Kier molecular flexibility index (Phi) is 3.31. The minimum Gasteiger partial charge on any atom is -0.218 e. The second-order valence-corrected chi connectivity index (χ2v) is 4.35. The van der Waals surface area contributed by atoms with E-state index in [0.29, 0.717) is 0 Å². The van der Waals surface area contributed by atoms with E-state index in [1.165, 1.54) is 12.1 Å². The monoisotopic (exact) mass is 221 g/mol. The molecule has 0 fully saturated rings. The van der Waals surface area contributed by atoms with Gasteiger partial charge in [0.05, 0.1) is 4.90 Å². The Balaban J connectivity index is 3.38. The number of hydrogen-bond donors (Lipinski definition) is 0. The van der Waals surface area contributed by atoms with Crippen molar-refractivity contribution in [1.82, 2.24) is 0 Å². The first-order valence-electron chi connectivity index (χ1n) is 3.88. The molecule has 0 bridgehead atoms. The molecule has 15 heavy (non-hydrogen) atoms. The summed E-state index contributed by atoms with van der Waals surface area (Å²) in [6.07, 6.45) is 0. The van der Waals surface area contributed by atoms with Crippen LogP contribution in [0.15, 0.2) is 57.7 Å². The number of benzene rings is 1. The van der Waals surface area contributed by atoms with Gasteiger partial charge in [-0.1, -0.05) is 24.8 Å². The van der Waals surface area contributed by atoms with Crippen LogP contribution in [-0.4, -0.2) is 8.42 Å². The molecule has 1 aromatic rings. The highest BCUT2D eigenvalue weighted by Gasteiger charge is 2.18. The first-order chi connectivity index (χ1) is 7.12. The third kappa shape index (κ3) is 2.27. The molecule has 0 aliphatic carbocycles. The van der Waals surface area contributed by atoms with Crippen molar-refractivity contribution in [3.8, 4) is 0 Å². The van der Waals surface area contributed by atoms with Crippen LogP contribution < -0.4 is 0 Å². The zero-order chi connectivity index (χ0) is 11.3. The molecule has 0 N–H and O–H groups in total. The molecule has 0 aliphatic rings. The van der Waals surface area contributed by atoms with Gasteiger partial charge < -0.3 is 0 Å². The number of rotatable bonds is 3. The van der Waals surface area contributed by atoms with Crippen LogP contribution in [0.4, 0.5) is 0 Å². The Labute approximate surface area is 86.9 Å². The fourth-order valence-electron chi connectivity index (χ4n) is 0.936. The average molecular weight is 221 g/mol. The summed E-state index contributed by atoms with van der Waals surface area (Å²) in [6.45, 7) is 3.17. The Bertz CT molecular complexity index is 550. The van der Waals surface area contributed by atoms with Gasteiger partial charge in [0.15, 0.2) is 5.03 Å². The molecule has 6 heteroatoms. The number of azide groups is 1. The zero-order valence-electron chi connectivity index (χ0n) is 7.66. The van der Waals surface area contributed by atoms with Crippen LogP contribution in [0, 0.1) is 0 Å². The van der Waals surface area contributed by atoms with Gasteiger partial charge in [-0.3, -0.25) is 0 Å². The molecule has 1 rings (SSSR count). The fourth-order valence-corrected chi connectivity index (χ4v) is 2.01. The largest absolute Gasteiger partial charge is 0.218 e. The summed E-state index contributed by atoms with van der Waals surface area (Å²) in [4.78, 5) is 2.45. The summed E-state index contributed by atoms with van der Waals surface area (Å²) in [7, 11) is -3.79. The van der Waals surface area contributed by atoms with Crippen LogP contribution in [0.25, 0.3) is 10.4 Å². The molecule has 0 saturated carbocycles. The summed E-state index contributed by atoms with van der Waals surface area (Å²) < 4.78 is 23.5. The van der Waals surface area contributed by atoms with Crippen molar-refractivity contribution < 1.29 is 8.42 Å². The van der Waals surface area contributed by atoms with Crippen molar-refractivity contribution in [3.63, 3.8) is 0 Å². The molecule has 5 nitrogen and oxygen atoms in total. The van der Waals surface area contributed by atoms with E-state index in [-0.39, 0.29) is 4.90 Å². The van der Waals surface area contributed by atoms with Gasteiger partial charge in [0.25, 0.3) is 0 Å². The molecule has 0 unspecified atom stereocenters. The second kappa shape index (κ2) is 4.48. The Morgan fingerprint density at radius 2 is 2.00 bits per heavy atom. The van der Waals surface area contributed by atoms with Crippen molar-refractivity contribution in [3.05, 3.63) is 58.1 Å². The number of nitrogens with zero attached hydrogens (tertiary/aromatic N) is 3. The summed E-state index contributed by atoms with van der Waals surface area (Å²) in [5.74, 6) is 0. The molecule has 0 saturated heterocycles. The maximum Gasteiger partial charge on any atom is 0.216 e. The average Bonchev–Trinajstić information content (AvgIpc) is 2.27. The van der Waals surface area contributed by atoms with Gasteiger partial charge in [0.2, 0.25) is 9.84 Å². The van der Waals surface area contributed by atoms with E-state index in [9.17, 15) is 8.42 Å². The van der Waals surface area contributed by atoms with Gasteiger partial charge in [0, 0.05) is 4.91 Å². The molecule has 76 valence electrons. The normalized spacial score (nSPS) is 9.87. The minimum atomic E-state index is -3.79. The van der Waals surface area contributed by atoms with Crippen molar-refractivity contribution in [2.24, 2.45) is 5.11 Å². The maximum absolute atomic E-state index is 11.7. The first-order valence-corrected chi connectivity index (χ1v) is 5.36. The minimum absolute atomic E-state index is 0.0450. The predicted molar refractivity (Wildman–Crippen MR) is 55.4 cm³/mol. The zero-order valence-corrected chi connectivity index (χ0v) is 8.48. The van der Waals surface area contributed by atoms with E-state index in [1.54, 1.807) is 18.2 Å². The van der Waals surface area contributed by atoms with Gasteiger partial charge in [-0.2, -0.15) is 0 Å². The van der Waals surface area contributed by atoms with Crippen LogP contribution in [0.1, 0.15) is 0 Å². The lowest BCUT2D eigenvalue weighted by Gasteiger charge is -2.00. The lowest BCUT2D eigenvalue weighted by molar-refractivity contribution is 0.601. The van der Waals surface area contributed by atoms with Crippen LogP contribution in [-0.2, 0) is 9.84 Å². The maximum atomic E-state index is 11.7. The van der Waals surface area contributed by atoms with Gasteiger partial charge in [0.1, 0.15) is 0 Å². The van der Waals surface area contributed by atoms with Gasteiger partial charge >= 0.3 is 0 Å². The van der Waals surface area contributed by atoms with E-state index < -0.39 is 14.9 Å². The van der Waals surface area contributed by atoms with Crippen LogP contribution in [0.5, 0.6) is 0 Å². The van der Waals surface area contributed by atoms with Crippen LogP contribution in [0.2, 0.25) is 0 Å². The standard InChI is InChI=1S/C9H7N3O2S/c1-2-9(11-12-10)15(13,14)8-6-4-3-5-7-8/h3-7H,1H2. The summed E-state index contributed by atoms with van der Waals surface area (Å²) >= 11 is 0. The molecule has 0 amide bonds. The molecule has 0 aliphatic heterocycles. The Hall–Kier alpha value is -2.00. The molecule has 0 spiro atoms. The van der Waals surface area contributed by atoms with E-state index in [2.05, 4.69) is 22.3 Å². The summed E-state index contributed by atoms with van der Waals surface area (Å²) in [5.41, 5.74) is 10.3. The SMILES string of the molecule is C=C=C(N=[N+]=[N-])S(=O)(=O)c1ccccc1. The van der Waals surface area contributed by atoms with E-state index >= 15 is 0 Å². The van der Waals surface area contributed by atoms with Crippen molar-refractivity contribution in [2.45, 2.75) is 4.90 Å². The van der Waals surface area contributed by atoms with E-state index in [0.717, 1.165) is 0 Å². The molecule has 0 atom stereocenters. The van der Waals surface area contributed by atoms with Gasteiger partial charge in [-0.15, -0.1) is 5.73 Å². The Morgan fingerprint density at radius 1 is 1.40 bits per heavy atom. The Morgan fingerprint density at radius 3 is 2.47 bits per heavy atom. The van der Waals surface area contributed by atoms with Crippen LogP contribution in [0.3, 0.4) is 0 Å². The lowest BCUT2D eigenvalue weighted by Crippen LogP contribution is -2.01. The molecular formula is C9H7N3O2S. The fraction of sp³-hybridized carbons (Fsp3) is 0. The third-order valence-electron chi connectivity index (χ3n) is 1.59. The first kappa shape index (κ1) is 11.1. The van der Waals surface area contributed by atoms with E-state index in [4.69, 9.17) is 5.53 Å². The van der Waals surface area contributed by atoms with E-state index in [1.807, 2.05) is 0 Å². The summed E-state index contributed by atoms with van der Waals surface area (Å²) in [5, 5.41) is 2.51. The quantitative estimate of drug-likeness (QED) is 0.340. The third-order valence-corrected chi connectivity index (χ3v) is 3.22. The topological polar surface area (TPSA) is 82.9 Å². The predicted octanol–water partition coefficient (Wildman–Crippen LogP) is 2.40. The number of hydrogen-bond acceptors (Lipinski definition) is 3. The van der Waals surface area contributed by atoms with Gasteiger partial charge in [-0.05, 0) is 22.8 Å². The second-order valence-electron chi connectivity index (χ2n) is 2.49. The van der Waals surface area contributed by atoms with Crippen molar-refractivity contribution in [1.29, 1.82) is 0 Å². The molecule has 1 aromatic carbocycles. The highest BCUT2D eigenvalue weighted by atomic mass is 32.2. The summed E-state index contributed by atoms with van der Waals surface area (Å²) in [6, 6.07) is 7.64. The lowest BCUT2D eigenvalue weighted by atomic mass is 10.4. The molecule has 0 heterocycles. The highest BCUT2D eigenvalue weighted by molar-refractivity contribution is 7.95. The molecular weight excluding hydrogens is 214 g/mol. The van der Waals surface area contributed by atoms with Crippen LogP contribution >= 0.6 is 0 Å². The molecule has 0 radical (unpaired) electrons. The van der Waals surface area contributed by atoms with Gasteiger partial charge in [-0.25, -0.2) is 8.42 Å². The van der Waals surface area contributed by atoms with Crippen molar-refractivity contribution in [2.75, 3.05) is 0 Å². The number of sulfone groups is 1. The molecule has 0 aromatic heterocycles. The van der Waals surface area contributed by atoms with Crippen molar-refractivity contribution >= 4 is 9.84 Å².